The van der Waals surface area contributed by atoms with Gasteiger partial charge in [0.25, 0.3) is 0 Å². The second kappa shape index (κ2) is 3.38. The molecule has 2 heterocycles. The van der Waals surface area contributed by atoms with E-state index in [1.165, 1.54) is 6.26 Å². The van der Waals surface area contributed by atoms with E-state index >= 15 is 0 Å². The molecule has 0 spiro atoms. The number of benzene rings is 1. The molecule has 17 heavy (non-hydrogen) atoms. The van der Waals surface area contributed by atoms with Crippen LogP contribution in [0.1, 0.15) is 0 Å². The number of furan rings is 1. The Balaban J connectivity index is 2.59. The van der Waals surface area contributed by atoms with E-state index in [-0.39, 0.29) is 5.43 Å². The molecule has 4 nitrogen and oxygen atoms in total. The van der Waals surface area contributed by atoms with Crippen molar-refractivity contribution in [1.82, 2.24) is 4.57 Å². The highest BCUT2D eigenvalue weighted by molar-refractivity contribution is 5.91. The summed E-state index contributed by atoms with van der Waals surface area (Å²) in [5.74, 6) is 0.678. The molecule has 0 fully saturated rings. The number of aromatic nitrogens is 1. The van der Waals surface area contributed by atoms with Gasteiger partial charge >= 0.3 is 0 Å². The third-order valence-electron chi connectivity index (χ3n) is 3.00. The Morgan fingerprint density at radius 2 is 2.06 bits per heavy atom. The lowest BCUT2D eigenvalue weighted by Crippen LogP contribution is -2.07. The Hall–Kier alpha value is -2.23. The number of rotatable bonds is 1. The zero-order chi connectivity index (χ0) is 12.0. The predicted molar refractivity (Wildman–Crippen MR) is 65.5 cm³/mol. The van der Waals surface area contributed by atoms with Crippen molar-refractivity contribution in [2.24, 2.45) is 7.05 Å². The van der Waals surface area contributed by atoms with Gasteiger partial charge in [0.15, 0.2) is 0 Å². The van der Waals surface area contributed by atoms with Gasteiger partial charge in [-0.1, -0.05) is 0 Å². The van der Waals surface area contributed by atoms with E-state index in [9.17, 15) is 4.79 Å². The quantitative estimate of drug-likeness (QED) is 0.643. The van der Waals surface area contributed by atoms with Gasteiger partial charge in [0.1, 0.15) is 5.75 Å². The molecule has 0 saturated carbocycles. The van der Waals surface area contributed by atoms with Crippen LogP contribution in [0, 0.1) is 0 Å². The van der Waals surface area contributed by atoms with Gasteiger partial charge in [0.05, 0.1) is 29.7 Å². The largest absolute Gasteiger partial charge is 0.497 e. The summed E-state index contributed by atoms with van der Waals surface area (Å²) in [6.07, 6.45) is 1.53. The van der Waals surface area contributed by atoms with Gasteiger partial charge in [-0.2, -0.15) is 0 Å². The van der Waals surface area contributed by atoms with Crippen molar-refractivity contribution in [3.63, 3.8) is 0 Å². The van der Waals surface area contributed by atoms with Crippen molar-refractivity contribution in [3.05, 3.63) is 40.8 Å². The summed E-state index contributed by atoms with van der Waals surface area (Å²) < 4.78 is 12.3. The number of nitrogens with zero attached hydrogens (tertiary/aromatic N) is 1. The van der Waals surface area contributed by atoms with Crippen molar-refractivity contribution in [2.45, 2.75) is 0 Å². The highest BCUT2D eigenvalue weighted by Gasteiger charge is 2.11. The van der Waals surface area contributed by atoms with Crippen molar-refractivity contribution >= 4 is 22.0 Å². The minimum Gasteiger partial charge on any atom is -0.497 e. The van der Waals surface area contributed by atoms with E-state index in [0.717, 1.165) is 5.52 Å². The fraction of sp³-hybridized carbons (Fsp3) is 0.154. The third kappa shape index (κ3) is 1.27. The Morgan fingerprint density at radius 3 is 2.82 bits per heavy atom. The second-order valence-electron chi connectivity index (χ2n) is 3.91. The smallest absolute Gasteiger partial charge is 0.210 e. The molecule has 0 amide bonds. The van der Waals surface area contributed by atoms with E-state index < -0.39 is 0 Å². The minimum atomic E-state index is -0.0271. The number of hydrogen-bond donors (Lipinski definition) is 0. The highest BCUT2D eigenvalue weighted by Crippen LogP contribution is 2.22. The van der Waals surface area contributed by atoms with Crippen LogP contribution in [-0.4, -0.2) is 11.7 Å². The molecule has 0 radical (unpaired) electrons. The van der Waals surface area contributed by atoms with E-state index in [2.05, 4.69) is 0 Å². The summed E-state index contributed by atoms with van der Waals surface area (Å²) in [6, 6.07) is 7.13. The van der Waals surface area contributed by atoms with Crippen molar-refractivity contribution in [3.8, 4) is 5.75 Å². The van der Waals surface area contributed by atoms with Crippen LogP contribution < -0.4 is 10.2 Å². The molecule has 0 aliphatic heterocycles. The first kappa shape index (κ1) is 9.96. The number of fused-ring (bicyclic) bond motifs is 2. The summed E-state index contributed by atoms with van der Waals surface area (Å²) in [5.41, 5.74) is 1.40. The summed E-state index contributed by atoms with van der Waals surface area (Å²) in [4.78, 5) is 12.2. The van der Waals surface area contributed by atoms with Gasteiger partial charge in [0, 0.05) is 7.05 Å². The average Bonchev–Trinajstić information content (AvgIpc) is 2.85. The fourth-order valence-corrected chi connectivity index (χ4v) is 2.10. The lowest BCUT2D eigenvalue weighted by atomic mass is 10.1. The summed E-state index contributed by atoms with van der Waals surface area (Å²) in [7, 11) is 3.46. The molecular weight excluding hydrogens is 218 g/mol. The van der Waals surface area contributed by atoms with Crippen LogP contribution in [0.15, 0.2) is 39.7 Å². The molecule has 1 aromatic carbocycles. The minimum absolute atomic E-state index is 0.0271. The van der Waals surface area contributed by atoms with Crippen molar-refractivity contribution < 1.29 is 9.15 Å². The first-order valence-corrected chi connectivity index (χ1v) is 5.26. The summed E-state index contributed by atoms with van der Waals surface area (Å²) >= 11 is 0. The van der Waals surface area contributed by atoms with Crippen LogP contribution in [0.5, 0.6) is 5.75 Å². The third-order valence-corrected chi connectivity index (χ3v) is 3.00. The second-order valence-corrected chi connectivity index (χ2v) is 3.91. The molecule has 0 atom stereocenters. The van der Waals surface area contributed by atoms with Crippen molar-refractivity contribution in [1.29, 1.82) is 0 Å². The van der Waals surface area contributed by atoms with E-state index in [1.54, 1.807) is 19.2 Å². The van der Waals surface area contributed by atoms with Crippen molar-refractivity contribution in [2.75, 3.05) is 7.11 Å². The van der Waals surface area contributed by atoms with Crippen LogP contribution in [-0.2, 0) is 7.05 Å². The Kier molecular flexibility index (Phi) is 1.98. The number of methoxy groups -OCH3 is 1. The van der Waals surface area contributed by atoms with Gasteiger partial charge in [-0.05, 0) is 24.3 Å². The summed E-state index contributed by atoms with van der Waals surface area (Å²) in [5, 5.41) is 1.23. The molecule has 0 unspecified atom stereocenters. The lowest BCUT2D eigenvalue weighted by molar-refractivity contribution is 0.415. The monoisotopic (exact) mass is 229 g/mol. The number of pyridine rings is 1. The van der Waals surface area contributed by atoms with Crippen LogP contribution in [0.3, 0.4) is 0 Å². The molecular formula is C13H11NO3. The molecule has 3 aromatic rings. The van der Waals surface area contributed by atoms with Crippen LogP contribution in [0.25, 0.3) is 22.0 Å². The number of ether oxygens (including phenoxy) is 1. The van der Waals surface area contributed by atoms with Gasteiger partial charge < -0.3 is 13.7 Å². The number of aryl methyl sites for hydroxylation is 1. The maximum atomic E-state index is 12.2. The van der Waals surface area contributed by atoms with Gasteiger partial charge in [-0.3, -0.25) is 4.79 Å². The predicted octanol–water partition coefficient (Wildman–Crippen LogP) is 2.29. The highest BCUT2D eigenvalue weighted by atomic mass is 16.5. The Bertz CT molecular complexity index is 767. The zero-order valence-electron chi connectivity index (χ0n) is 9.56. The lowest BCUT2D eigenvalue weighted by Gasteiger charge is -2.07. The Labute approximate surface area is 97.0 Å². The van der Waals surface area contributed by atoms with Crippen LogP contribution >= 0.6 is 0 Å². The maximum absolute atomic E-state index is 12.2. The first-order chi connectivity index (χ1) is 8.22. The Morgan fingerprint density at radius 1 is 1.24 bits per heavy atom. The molecule has 86 valence electrons. The van der Waals surface area contributed by atoms with E-state index in [1.807, 2.05) is 23.7 Å². The summed E-state index contributed by atoms with van der Waals surface area (Å²) in [6.45, 7) is 0. The average molecular weight is 229 g/mol. The molecule has 3 rings (SSSR count). The van der Waals surface area contributed by atoms with Crippen LogP contribution in [0.4, 0.5) is 0 Å². The SMILES string of the molecule is COc1ccc2c(c1)c(=O)c1ccoc1n2C. The number of hydrogen-bond acceptors (Lipinski definition) is 3. The fourth-order valence-electron chi connectivity index (χ4n) is 2.10. The maximum Gasteiger partial charge on any atom is 0.210 e. The molecule has 0 aliphatic carbocycles. The molecule has 2 aromatic heterocycles. The molecule has 0 bridgehead atoms. The van der Waals surface area contributed by atoms with Crippen LogP contribution in [0.2, 0.25) is 0 Å². The molecule has 0 N–H and O–H groups in total. The zero-order valence-corrected chi connectivity index (χ0v) is 9.56. The van der Waals surface area contributed by atoms with Gasteiger partial charge in [-0.25, -0.2) is 0 Å². The topological polar surface area (TPSA) is 44.4 Å². The first-order valence-electron chi connectivity index (χ1n) is 5.26. The van der Waals surface area contributed by atoms with E-state index in [0.29, 0.717) is 22.2 Å². The molecule has 0 aliphatic rings. The van der Waals surface area contributed by atoms with Gasteiger partial charge in [0.2, 0.25) is 11.1 Å². The molecule has 0 saturated heterocycles. The standard InChI is InChI=1S/C13H11NO3/c1-14-11-4-3-8(16-2)7-10(11)12(15)9-5-6-17-13(9)14/h3-7H,1-2H3. The molecule has 4 heteroatoms. The normalized spacial score (nSPS) is 11.2. The van der Waals surface area contributed by atoms with E-state index in [4.69, 9.17) is 9.15 Å². The van der Waals surface area contributed by atoms with Gasteiger partial charge in [-0.15, -0.1) is 0 Å².